The quantitative estimate of drug-likeness (QED) is 0.399. The molecule has 0 saturated heterocycles. The van der Waals surface area contributed by atoms with Crippen LogP contribution in [0.1, 0.15) is 0 Å². The third kappa shape index (κ3) is 4.77. The highest BCUT2D eigenvalue weighted by atomic mass is 35.5. The lowest BCUT2D eigenvalue weighted by Crippen LogP contribution is -2.26. The third-order valence-electron chi connectivity index (χ3n) is 2.46. The lowest BCUT2D eigenvalue weighted by molar-refractivity contribution is -0.107. The number of para-hydroxylation sites is 1. The van der Waals surface area contributed by atoms with Crippen LogP contribution >= 0.6 is 23.2 Å². The van der Waals surface area contributed by atoms with Crippen molar-refractivity contribution < 1.29 is 9.53 Å². The molecule has 1 amide bonds. The van der Waals surface area contributed by atoms with Gasteiger partial charge in [-0.1, -0.05) is 51.8 Å². The topological polar surface area (TPSA) is 80.3 Å². The zero-order chi connectivity index (χ0) is 15.7. The standard InChI is InChI=1S/C12H11Cl2NO.CH3N3O/c1-16-11-7-2-3-8-15(11)12-9(13)5-4-6-10(12)14;2-4-3-1-5/h2-7H,8H2,1H3;1H,(H2,2,3,5). The third-order valence-corrected chi connectivity index (χ3v) is 3.07. The van der Waals surface area contributed by atoms with Gasteiger partial charge in [0.25, 0.3) is 6.41 Å². The summed E-state index contributed by atoms with van der Waals surface area (Å²) in [5, 5.41) is 6.54. The minimum absolute atomic E-state index is 0.264. The zero-order valence-electron chi connectivity index (χ0n) is 11.2. The highest BCUT2D eigenvalue weighted by Gasteiger charge is 2.18. The number of carbonyl (C=O) groups excluding carboxylic acids is 1. The van der Waals surface area contributed by atoms with Crippen LogP contribution in [0.4, 0.5) is 5.69 Å². The SMILES string of the molecule is COC1=CC=CCN1c1c(Cl)cccc1Cl.NN=NC=O. The first kappa shape index (κ1) is 17.0. The summed E-state index contributed by atoms with van der Waals surface area (Å²) >= 11 is 12.3. The number of ether oxygens (including phenoxy) is 1. The molecule has 8 heteroatoms. The van der Waals surface area contributed by atoms with Crippen molar-refractivity contribution in [3.63, 3.8) is 0 Å². The minimum atomic E-state index is 0.264. The van der Waals surface area contributed by atoms with Gasteiger partial charge in [-0.2, -0.15) is 0 Å². The van der Waals surface area contributed by atoms with Gasteiger partial charge in [-0.15, -0.1) is 0 Å². The van der Waals surface area contributed by atoms with Gasteiger partial charge in [0.05, 0.1) is 22.8 Å². The van der Waals surface area contributed by atoms with E-state index < -0.39 is 0 Å². The Bertz CT molecular complexity index is 553. The zero-order valence-corrected chi connectivity index (χ0v) is 12.8. The molecule has 0 radical (unpaired) electrons. The van der Waals surface area contributed by atoms with Crippen LogP contribution in [0.2, 0.25) is 10.0 Å². The molecular formula is C13H14Cl2N4O2. The normalized spacial score (nSPS) is 13.5. The second-order valence-electron chi connectivity index (χ2n) is 3.65. The number of halogens is 2. The van der Waals surface area contributed by atoms with Crippen LogP contribution in [0.5, 0.6) is 0 Å². The van der Waals surface area contributed by atoms with Crippen molar-refractivity contribution in [1.29, 1.82) is 0 Å². The number of rotatable bonds is 3. The molecule has 0 fully saturated rings. The Morgan fingerprint density at radius 2 is 2.05 bits per heavy atom. The number of methoxy groups -OCH3 is 1. The summed E-state index contributed by atoms with van der Waals surface area (Å²) in [4.78, 5) is 11.0. The molecule has 0 bridgehead atoms. The Hall–Kier alpha value is -2.05. The summed E-state index contributed by atoms with van der Waals surface area (Å²) in [6.07, 6.45) is 6.10. The molecule has 2 rings (SSSR count). The van der Waals surface area contributed by atoms with Crippen molar-refractivity contribution in [2.75, 3.05) is 18.6 Å². The van der Waals surface area contributed by atoms with Gasteiger partial charge in [-0.3, -0.25) is 4.79 Å². The number of allylic oxidation sites excluding steroid dienone is 2. The van der Waals surface area contributed by atoms with Crippen LogP contribution in [0.15, 0.2) is 52.6 Å². The molecule has 1 aromatic carbocycles. The van der Waals surface area contributed by atoms with Crippen LogP contribution in [0.25, 0.3) is 0 Å². The molecule has 1 aliphatic heterocycles. The molecule has 0 aromatic heterocycles. The fourth-order valence-corrected chi connectivity index (χ4v) is 2.25. The number of nitrogens with two attached hydrogens (primary N) is 1. The lowest BCUT2D eigenvalue weighted by Gasteiger charge is -2.28. The largest absolute Gasteiger partial charge is 0.482 e. The van der Waals surface area contributed by atoms with Crippen molar-refractivity contribution in [3.05, 3.63) is 52.4 Å². The predicted octanol–water partition coefficient (Wildman–Crippen LogP) is 3.33. The number of amides is 1. The molecule has 0 unspecified atom stereocenters. The molecular weight excluding hydrogens is 315 g/mol. The summed E-state index contributed by atoms with van der Waals surface area (Å²) in [5.41, 5.74) is 0.781. The van der Waals surface area contributed by atoms with Gasteiger partial charge >= 0.3 is 0 Å². The van der Waals surface area contributed by atoms with Gasteiger partial charge in [0.15, 0.2) is 5.88 Å². The molecule has 0 spiro atoms. The van der Waals surface area contributed by atoms with Crippen LogP contribution in [-0.4, -0.2) is 20.1 Å². The summed E-state index contributed by atoms with van der Waals surface area (Å²) < 4.78 is 5.29. The molecule has 0 aliphatic carbocycles. The monoisotopic (exact) mass is 328 g/mol. The predicted molar refractivity (Wildman–Crippen MR) is 83.1 cm³/mol. The number of anilines is 1. The number of hydrogen-bond acceptors (Lipinski definition) is 4. The van der Waals surface area contributed by atoms with Crippen LogP contribution in [-0.2, 0) is 9.53 Å². The van der Waals surface area contributed by atoms with E-state index in [1.54, 1.807) is 7.11 Å². The summed E-state index contributed by atoms with van der Waals surface area (Å²) in [7, 11) is 1.63. The highest BCUT2D eigenvalue weighted by molar-refractivity contribution is 6.39. The average molecular weight is 329 g/mol. The van der Waals surface area contributed by atoms with Crippen LogP contribution in [0.3, 0.4) is 0 Å². The Labute approximate surface area is 132 Å². The van der Waals surface area contributed by atoms with Crippen molar-refractivity contribution in [2.45, 2.75) is 0 Å². The Morgan fingerprint density at radius 3 is 2.52 bits per heavy atom. The van der Waals surface area contributed by atoms with Crippen molar-refractivity contribution >= 4 is 35.3 Å². The molecule has 0 atom stereocenters. The fourth-order valence-electron chi connectivity index (χ4n) is 1.65. The molecule has 21 heavy (non-hydrogen) atoms. The van der Waals surface area contributed by atoms with E-state index in [0.717, 1.165) is 11.6 Å². The minimum Gasteiger partial charge on any atom is -0.482 e. The number of nitrogens with zero attached hydrogens (tertiary/aromatic N) is 3. The van der Waals surface area contributed by atoms with Crippen LogP contribution < -0.4 is 10.7 Å². The fraction of sp³-hybridized carbons (Fsp3) is 0.154. The number of carbonyl (C=O) groups is 1. The van der Waals surface area contributed by atoms with E-state index in [-0.39, 0.29) is 6.41 Å². The first-order chi connectivity index (χ1) is 10.2. The van der Waals surface area contributed by atoms with E-state index >= 15 is 0 Å². The second kappa shape index (κ2) is 8.99. The summed E-state index contributed by atoms with van der Waals surface area (Å²) in [5.74, 6) is 5.10. The lowest BCUT2D eigenvalue weighted by atomic mass is 10.2. The maximum atomic E-state index is 9.06. The van der Waals surface area contributed by atoms with Gasteiger partial charge in [0.2, 0.25) is 0 Å². The Morgan fingerprint density at radius 1 is 1.38 bits per heavy atom. The molecule has 112 valence electrons. The summed E-state index contributed by atoms with van der Waals surface area (Å²) in [6.45, 7) is 0.698. The van der Waals surface area contributed by atoms with E-state index in [0.29, 0.717) is 16.6 Å². The number of benzene rings is 1. The van der Waals surface area contributed by atoms with E-state index in [1.807, 2.05) is 41.3 Å². The molecule has 1 aliphatic rings. The molecule has 2 N–H and O–H groups in total. The van der Waals surface area contributed by atoms with Crippen molar-refractivity contribution in [1.82, 2.24) is 0 Å². The van der Waals surface area contributed by atoms with Gasteiger partial charge in [-0.05, 0) is 18.2 Å². The first-order valence-corrected chi connectivity index (χ1v) is 6.57. The van der Waals surface area contributed by atoms with Crippen LogP contribution in [0, 0.1) is 0 Å². The Kier molecular flexibility index (Phi) is 7.28. The van der Waals surface area contributed by atoms with Crippen molar-refractivity contribution in [2.24, 2.45) is 16.2 Å². The second-order valence-corrected chi connectivity index (χ2v) is 4.47. The van der Waals surface area contributed by atoms with Gasteiger partial charge in [0, 0.05) is 6.54 Å². The molecule has 0 saturated carbocycles. The van der Waals surface area contributed by atoms with Gasteiger partial charge in [-0.25, -0.2) is 0 Å². The average Bonchev–Trinajstić information content (AvgIpc) is 2.49. The van der Waals surface area contributed by atoms with E-state index in [9.17, 15) is 0 Å². The first-order valence-electron chi connectivity index (χ1n) is 5.81. The van der Waals surface area contributed by atoms with Gasteiger partial charge in [0.1, 0.15) is 0 Å². The van der Waals surface area contributed by atoms with Crippen molar-refractivity contribution in [3.8, 4) is 0 Å². The smallest absolute Gasteiger partial charge is 0.254 e. The molecule has 6 nitrogen and oxygen atoms in total. The van der Waals surface area contributed by atoms with Gasteiger partial charge < -0.3 is 15.5 Å². The maximum Gasteiger partial charge on any atom is 0.254 e. The van der Waals surface area contributed by atoms with E-state index in [1.165, 1.54) is 0 Å². The molecule has 1 heterocycles. The Balaban J connectivity index is 0.000000383. The number of hydrogen-bond donors (Lipinski definition) is 1. The summed E-state index contributed by atoms with van der Waals surface area (Å²) in [6, 6.07) is 5.45. The van der Waals surface area contributed by atoms with E-state index in [2.05, 4.69) is 16.2 Å². The van der Waals surface area contributed by atoms with E-state index in [4.69, 9.17) is 32.7 Å². The maximum absolute atomic E-state index is 9.06. The molecule has 1 aromatic rings. The highest BCUT2D eigenvalue weighted by Crippen LogP contribution is 2.36.